The third-order valence-corrected chi connectivity index (χ3v) is 4.66. The molecule has 0 unspecified atom stereocenters. The van der Waals surface area contributed by atoms with E-state index in [9.17, 15) is 0 Å². The second-order valence-corrected chi connectivity index (χ2v) is 6.47. The minimum absolute atomic E-state index is 0.0688. The third-order valence-electron chi connectivity index (χ3n) is 4.66. The van der Waals surface area contributed by atoms with Gasteiger partial charge < -0.3 is 14.7 Å². The summed E-state index contributed by atoms with van der Waals surface area (Å²) in [5.41, 5.74) is 0. The average molecular weight is 314 g/mol. The van der Waals surface area contributed by atoms with Gasteiger partial charge in [0.2, 0.25) is 5.89 Å². The molecule has 122 valence electrons. The molecule has 7 heteroatoms. The van der Waals surface area contributed by atoms with Crippen LogP contribution in [0.4, 0.5) is 5.82 Å². The molecule has 0 aromatic carbocycles. The molecule has 0 spiro atoms. The molecule has 1 N–H and O–H groups in total. The van der Waals surface area contributed by atoms with E-state index >= 15 is 0 Å². The van der Waals surface area contributed by atoms with Crippen LogP contribution in [0.3, 0.4) is 0 Å². The Hall–Kier alpha value is -2.02. The first-order chi connectivity index (χ1) is 11.3. The highest BCUT2D eigenvalue weighted by molar-refractivity contribution is 5.39. The Labute approximate surface area is 135 Å². The fourth-order valence-electron chi connectivity index (χ4n) is 3.13. The molecule has 2 aliphatic rings. The molecule has 1 aliphatic carbocycles. The molecule has 7 nitrogen and oxygen atoms in total. The van der Waals surface area contributed by atoms with E-state index in [0.29, 0.717) is 17.9 Å². The van der Waals surface area contributed by atoms with Crippen molar-refractivity contribution in [3.05, 3.63) is 30.0 Å². The Balaban J connectivity index is 1.35. The van der Waals surface area contributed by atoms with E-state index in [2.05, 4.69) is 37.5 Å². The number of anilines is 1. The van der Waals surface area contributed by atoms with Crippen molar-refractivity contribution in [2.75, 3.05) is 18.0 Å². The molecule has 4 rings (SSSR count). The van der Waals surface area contributed by atoms with E-state index in [1.807, 2.05) is 12.1 Å². The fraction of sp³-hybridized carbons (Fsp3) is 0.625. The molecular weight excluding hydrogens is 292 g/mol. The standard InChI is InChI=1S/C16H22N6O/c1-11(16-19-15(21-23-16)12-6-7-12)17-10-13-4-3-9-22(13)14-5-2-8-18-20-14/h2,5,8,11-13,17H,3-4,6-7,9-10H2,1H3/t11-,13+/m0/s1. The summed E-state index contributed by atoms with van der Waals surface area (Å²) in [6.07, 6.45) is 6.44. The van der Waals surface area contributed by atoms with Crippen LogP contribution in [0, 0.1) is 0 Å². The quantitative estimate of drug-likeness (QED) is 0.874. The molecular formula is C16H22N6O. The van der Waals surface area contributed by atoms with Crippen molar-refractivity contribution in [1.29, 1.82) is 0 Å². The minimum atomic E-state index is 0.0688. The third kappa shape index (κ3) is 3.19. The van der Waals surface area contributed by atoms with E-state index in [1.165, 1.54) is 19.3 Å². The van der Waals surface area contributed by atoms with Crippen LogP contribution in [0.2, 0.25) is 0 Å². The van der Waals surface area contributed by atoms with Crippen molar-refractivity contribution in [3.8, 4) is 0 Å². The Morgan fingerprint density at radius 1 is 1.39 bits per heavy atom. The zero-order valence-corrected chi connectivity index (χ0v) is 13.4. The molecule has 1 saturated carbocycles. The predicted molar refractivity (Wildman–Crippen MR) is 85.1 cm³/mol. The number of nitrogens with one attached hydrogen (secondary N) is 1. The zero-order chi connectivity index (χ0) is 15.6. The summed E-state index contributed by atoms with van der Waals surface area (Å²) >= 11 is 0. The van der Waals surface area contributed by atoms with E-state index < -0.39 is 0 Å². The summed E-state index contributed by atoms with van der Waals surface area (Å²) < 4.78 is 5.39. The molecule has 1 saturated heterocycles. The Kier molecular flexibility index (Phi) is 3.95. The van der Waals surface area contributed by atoms with Gasteiger partial charge in [-0.25, -0.2) is 0 Å². The summed E-state index contributed by atoms with van der Waals surface area (Å²) in [4.78, 5) is 6.85. The number of hydrogen-bond acceptors (Lipinski definition) is 7. The summed E-state index contributed by atoms with van der Waals surface area (Å²) in [5, 5.41) is 15.8. The van der Waals surface area contributed by atoms with Crippen LogP contribution in [0.5, 0.6) is 0 Å². The first kappa shape index (κ1) is 14.6. The highest BCUT2D eigenvalue weighted by Gasteiger charge is 2.30. The Bertz CT molecular complexity index is 641. The molecule has 0 amide bonds. The maximum atomic E-state index is 5.39. The highest BCUT2D eigenvalue weighted by Crippen LogP contribution is 2.38. The minimum Gasteiger partial charge on any atom is -0.351 e. The lowest BCUT2D eigenvalue weighted by Crippen LogP contribution is -2.39. The van der Waals surface area contributed by atoms with Gasteiger partial charge in [-0.3, -0.25) is 0 Å². The molecule has 2 aromatic heterocycles. The van der Waals surface area contributed by atoms with Gasteiger partial charge in [-0.1, -0.05) is 5.16 Å². The van der Waals surface area contributed by atoms with Crippen molar-refractivity contribution >= 4 is 5.82 Å². The van der Waals surface area contributed by atoms with E-state index in [-0.39, 0.29) is 6.04 Å². The average Bonchev–Trinajstić information content (AvgIpc) is 3.14. The normalized spacial score (nSPS) is 22.5. The van der Waals surface area contributed by atoms with Crippen LogP contribution >= 0.6 is 0 Å². The van der Waals surface area contributed by atoms with Crippen LogP contribution < -0.4 is 10.2 Å². The fourth-order valence-corrected chi connectivity index (χ4v) is 3.13. The van der Waals surface area contributed by atoms with Gasteiger partial charge in [0.15, 0.2) is 11.6 Å². The molecule has 2 fully saturated rings. The zero-order valence-electron chi connectivity index (χ0n) is 13.4. The van der Waals surface area contributed by atoms with Crippen LogP contribution in [0.25, 0.3) is 0 Å². The van der Waals surface area contributed by atoms with Gasteiger partial charge in [0.25, 0.3) is 0 Å². The molecule has 23 heavy (non-hydrogen) atoms. The predicted octanol–water partition coefficient (Wildman–Crippen LogP) is 2.06. The van der Waals surface area contributed by atoms with E-state index in [4.69, 9.17) is 4.52 Å². The van der Waals surface area contributed by atoms with Gasteiger partial charge >= 0.3 is 0 Å². The maximum Gasteiger partial charge on any atom is 0.243 e. The van der Waals surface area contributed by atoms with Gasteiger partial charge in [-0.2, -0.15) is 10.1 Å². The number of rotatable bonds is 6. The van der Waals surface area contributed by atoms with Crippen molar-refractivity contribution in [1.82, 2.24) is 25.7 Å². The second kappa shape index (κ2) is 6.23. The molecule has 2 atom stereocenters. The molecule has 0 radical (unpaired) electrons. The lowest BCUT2D eigenvalue weighted by atomic mass is 10.2. The second-order valence-electron chi connectivity index (χ2n) is 6.47. The largest absolute Gasteiger partial charge is 0.351 e. The molecule has 1 aliphatic heterocycles. The lowest BCUT2D eigenvalue weighted by Gasteiger charge is -2.26. The van der Waals surface area contributed by atoms with Gasteiger partial charge in [-0.15, -0.1) is 5.10 Å². The summed E-state index contributed by atoms with van der Waals surface area (Å²) in [6.45, 7) is 3.98. The van der Waals surface area contributed by atoms with Gasteiger partial charge in [0.1, 0.15) is 0 Å². The summed E-state index contributed by atoms with van der Waals surface area (Å²) in [5.74, 6) is 3.05. The lowest BCUT2D eigenvalue weighted by molar-refractivity contribution is 0.333. The maximum absolute atomic E-state index is 5.39. The molecule has 3 heterocycles. The van der Waals surface area contributed by atoms with Crippen molar-refractivity contribution in [3.63, 3.8) is 0 Å². The van der Waals surface area contributed by atoms with Gasteiger partial charge in [-0.05, 0) is 44.7 Å². The van der Waals surface area contributed by atoms with Crippen molar-refractivity contribution < 1.29 is 4.52 Å². The summed E-state index contributed by atoms with van der Waals surface area (Å²) in [6, 6.07) is 4.46. The van der Waals surface area contributed by atoms with Crippen LogP contribution in [0.1, 0.15) is 56.3 Å². The smallest absolute Gasteiger partial charge is 0.243 e. The van der Waals surface area contributed by atoms with Crippen LogP contribution in [0.15, 0.2) is 22.9 Å². The molecule has 2 aromatic rings. The first-order valence-corrected chi connectivity index (χ1v) is 8.42. The van der Waals surface area contributed by atoms with Crippen LogP contribution in [-0.2, 0) is 0 Å². The van der Waals surface area contributed by atoms with Crippen molar-refractivity contribution in [2.24, 2.45) is 0 Å². The highest BCUT2D eigenvalue weighted by atomic mass is 16.5. The van der Waals surface area contributed by atoms with Gasteiger partial charge in [0.05, 0.1) is 6.04 Å². The van der Waals surface area contributed by atoms with E-state index in [1.54, 1.807) is 6.20 Å². The molecule has 0 bridgehead atoms. The number of aromatic nitrogens is 4. The SMILES string of the molecule is C[C@H](NC[C@H]1CCCN1c1cccnn1)c1nc(C2CC2)no1. The summed E-state index contributed by atoms with van der Waals surface area (Å²) in [7, 11) is 0. The van der Waals surface area contributed by atoms with E-state index in [0.717, 1.165) is 31.2 Å². The van der Waals surface area contributed by atoms with Crippen LogP contribution in [-0.4, -0.2) is 39.5 Å². The Morgan fingerprint density at radius 2 is 2.30 bits per heavy atom. The number of nitrogens with zero attached hydrogens (tertiary/aromatic N) is 5. The topological polar surface area (TPSA) is 80.0 Å². The van der Waals surface area contributed by atoms with Gasteiger partial charge in [0, 0.05) is 31.2 Å². The Morgan fingerprint density at radius 3 is 3.09 bits per heavy atom. The van der Waals surface area contributed by atoms with Crippen molar-refractivity contribution in [2.45, 2.75) is 50.6 Å². The number of hydrogen-bond donors (Lipinski definition) is 1. The monoisotopic (exact) mass is 314 g/mol. The first-order valence-electron chi connectivity index (χ1n) is 8.42.